The first-order valence-corrected chi connectivity index (χ1v) is 10.6. The molecule has 160 valence electrons. The third-order valence-electron chi connectivity index (χ3n) is 4.78. The third kappa shape index (κ3) is 6.75. The summed E-state index contributed by atoms with van der Waals surface area (Å²) in [5.74, 6) is 1.41. The number of carbonyl (C=O) groups is 1. The molecule has 0 aliphatic carbocycles. The Morgan fingerprint density at radius 2 is 1.61 bits per heavy atom. The fourth-order valence-electron chi connectivity index (χ4n) is 3.10. The highest BCUT2D eigenvalue weighted by Crippen LogP contribution is 2.29. The van der Waals surface area contributed by atoms with Crippen LogP contribution in [-0.4, -0.2) is 19.7 Å². The second kappa shape index (κ2) is 11.6. The maximum absolute atomic E-state index is 12.2. The molecule has 3 rings (SSSR count). The molecule has 0 unspecified atom stereocenters. The van der Waals surface area contributed by atoms with Crippen molar-refractivity contribution in [1.82, 2.24) is 0 Å². The van der Waals surface area contributed by atoms with E-state index in [0.29, 0.717) is 23.9 Å². The summed E-state index contributed by atoms with van der Waals surface area (Å²) in [6.45, 7) is 2.82. The summed E-state index contributed by atoms with van der Waals surface area (Å²) in [5.41, 5.74) is 3.01. The molecule has 31 heavy (non-hydrogen) atoms. The lowest BCUT2D eigenvalue weighted by atomic mass is 10.1. The molecule has 0 saturated carbocycles. The molecule has 0 heterocycles. The summed E-state index contributed by atoms with van der Waals surface area (Å²) in [6, 6.07) is 23.1. The predicted octanol–water partition coefficient (Wildman–Crippen LogP) is 6.55. The molecule has 0 amide bonds. The Labute approximate surface area is 184 Å². The number of esters is 1. The molecule has 0 radical (unpaired) electrons. The van der Waals surface area contributed by atoms with E-state index in [9.17, 15) is 4.79 Å². The van der Waals surface area contributed by atoms with E-state index in [1.54, 1.807) is 25.3 Å². The highest BCUT2D eigenvalue weighted by molar-refractivity contribution is 5.89. The van der Waals surface area contributed by atoms with E-state index in [1.165, 1.54) is 6.08 Å². The lowest BCUT2D eigenvalue weighted by molar-refractivity contribution is -0.128. The molecule has 3 aromatic rings. The van der Waals surface area contributed by atoms with Gasteiger partial charge in [-0.15, -0.1) is 0 Å². The third-order valence-corrected chi connectivity index (χ3v) is 4.78. The van der Waals surface area contributed by atoms with Gasteiger partial charge < -0.3 is 14.2 Å². The summed E-state index contributed by atoms with van der Waals surface area (Å²) >= 11 is 0. The Morgan fingerprint density at radius 1 is 0.871 bits per heavy atom. The van der Waals surface area contributed by atoms with Gasteiger partial charge in [0.1, 0.15) is 5.75 Å². The molecule has 0 saturated heterocycles. The molecule has 0 spiro atoms. The largest absolute Gasteiger partial charge is 0.493 e. The van der Waals surface area contributed by atoms with Gasteiger partial charge in [-0.3, -0.25) is 0 Å². The Hall–Kier alpha value is -3.53. The van der Waals surface area contributed by atoms with Crippen molar-refractivity contribution in [1.29, 1.82) is 0 Å². The first kappa shape index (κ1) is 22.2. The number of benzene rings is 3. The summed E-state index contributed by atoms with van der Waals surface area (Å²) in [4.78, 5) is 12.2. The van der Waals surface area contributed by atoms with Crippen LogP contribution in [0.3, 0.4) is 0 Å². The van der Waals surface area contributed by atoms with Crippen molar-refractivity contribution in [2.45, 2.75) is 26.2 Å². The molecule has 4 nitrogen and oxygen atoms in total. The minimum absolute atomic E-state index is 0.439. The van der Waals surface area contributed by atoms with Gasteiger partial charge in [-0.1, -0.05) is 68.3 Å². The maximum Gasteiger partial charge on any atom is 0.336 e. The zero-order valence-corrected chi connectivity index (χ0v) is 18.0. The van der Waals surface area contributed by atoms with Gasteiger partial charge in [0.2, 0.25) is 0 Å². The normalized spacial score (nSPS) is 10.8. The van der Waals surface area contributed by atoms with Crippen LogP contribution in [0.2, 0.25) is 0 Å². The number of carbonyl (C=O) groups excluding carboxylic acids is 1. The van der Waals surface area contributed by atoms with Crippen LogP contribution < -0.4 is 14.2 Å². The van der Waals surface area contributed by atoms with E-state index in [-0.39, 0.29) is 0 Å². The van der Waals surface area contributed by atoms with Gasteiger partial charge in [-0.2, -0.15) is 0 Å². The fourth-order valence-corrected chi connectivity index (χ4v) is 3.10. The lowest BCUT2D eigenvalue weighted by Crippen LogP contribution is -2.03. The monoisotopic (exact) mass is 416 g/mol. The van der Waals surface area contributed by atoms with Gasteiger partial charge in [-0.25, -0.2) is 4.79 Å². The Kier molecular flexibility index (Phi) is 8.29. The van der Waals surface area contributed by atoms with Gasteiger partial charge in [0.15, 0.2) is 11.5 Å². The van der Waals surface area contributed by atoms with Crippen molar-refractivity contribution in [3.8, 4) is 28.4 Å². The summed E-state index contributed by atoms with van der Waals surface area (Å²) in [6.07, 6.45) is 6.41. The quantitative estimate of drug-likeness (QED) is 0.163. The smallest absolute Gasteiger partial charge is 0.336 e. The number of hydrogen-bond acceptors (Lipinski definition) is 4. The highest BCUT2D eigenvalue weighted by atomic mass is 16.5. The van der Waals surface area contributed by atoms with Crippen molar-refractivity contribution in [2.24, 2.45) is 0 Å². The lowest BCUT2D eigenvalue weighted by Gasteiger charge is -2.11. The number of methoxy groups -OCH3 is 1. The SMILES string of the molecule is CCCCCOc1ccc(/C=C/C(=O)Oc2ccc(-c3ccccc3)cc2)cc1OC. The van der Waals surface area contributed by atoms with E-state index < -0.39 is 5.97 Å². The minimum Gasteiger partial charge on any atom is -0.493 e. The predicted molar refractivity (Wildman–Crippen MR) is 125 cm³/mol. The van der Waals surface area contributed by atoms with Crippen molar-refractivity contribution >= 4 is 12.0 Å². The number of hydrogen-bond donors (Lipinski definition) is 0. The zero-order valence-electron chi connectivity index (χ0n) is 18.0. The molecule has 3 aromatic carbocycles. The fraction of sp³-hybridized carbons (Fsp3) is 0.222. The van der Waals surface area contributed by atoms with Crippen LogP contribution in [-0.2, 0) is 4.79 Å². The number of ether oxygens (including phenoxy) is 3. The number of rotatable bonds is 10. The summed E-state index contributed by atoms with van der Waals surface area (Å²) < 4.78 is 16.6. The molecule has 0 fully saturated rings. The summed E-state index contributed by atoms with van der Waals surface area (Å²) in [7, 11) is 1.61. The molecule has 4 heteroatoms. The van der Waals surface area contributed by atoms with Crippen LogP contribution in [0.25, 0.3) is 17.2 Å². The molecular formula is C27H28O4. The molecule has 0 atom stereocenters. The van der Waals surface area contributed by atoms with Crippen molar-refractivity contribution in [3.05, 3.63) is 84.4 Å². The molecule has 0 bridgehead atoms. The maximum atomic E-state index is 12.2. The summed E-state index contributed by atoms with van der Waals surface area (Å²) in [5, 5.41) is 0. The van der Waals surface area contributed by atoms with Crippen LogP contribution in [0, 0.1) is 0 Å². The standard InChI is InChI=1S/C27H28O4/c1-3-4-8-19-30-25-17-11-21(20-26(25)29-2)12-18-27(28)31-24-15-13-23(14-16-24)22-9-6-5-7-10-22/h5-7,9-18,20H,3-4,8,19H2,1-2H3/b18-12+. The first-order chi connectivity index (χ1) is 15.2. The van der Waals surface area contributed by atoms with Crippen molar-refractivity contribution in [3.63, 3.8) is 0 Å². The topological polar surface area (TPSA) is 44.8 Å². The van der Waals surface area contributed by atoms with Gasteiger partial charge in [0, 0.05) is 6.08 Å². The first-order valence-electron chi connectivity index (χ1n) is 10.6. The molecule has 0 aromatic heterocycles. The van der Waals surface area contributed by atoms with Crippen molar-refractivity contribution < 1.29 is 19.0 Å². The average Bonchev–Trinajstić information content (AvgIpc) is 2.82. The Morgan fingerprint density at radius 3 is 2.32 bits per heavy atom. The zero-order chi connectivity index (χ0) is 21.9. The molecule has 0 aliphatic rings. The van der Waals surface area contributed by atoms with Crippen LogP contribution >= 0.6 is 0 Å². The molecule has 0 N–H and O–H groups in total. The van der Waals surface area contributed by atoms with Crippen LogP contribution in [0.15, 0.2) is 78.9 Å². The van der Waals surface area contributed by atoms with E-state index in [0.717, 1.165) is 36.0 Å². The van der Waals surface area contributed by atoms with Gasteiger partial charge in [0.05, 0.1) is 13.7 Å². The second-order valence-corrected chi connectivity index (χ2v) is 7.11. The highest BCUT2D eigenvalue weighted by Gasteiger charge is 2.06. The van der Waals surface area contributed by atoms with Crippen LogP contribution in [0.5, 0.6) is 17.2 Å². The van der Waals surface area contributed by atoms with E-state index >= 15 is 0 Å². The van der Waals surface area contributed by atoms with E-state index in [2.05, 4.69) is 6.92 Å². The molecule has 0 aliphatic heterocycles. The van der Waals surface area contributed by atoms with Gasteiger partial charge in [0.25, 0.3) is 0 Å². The second-order valence-electron chi connectivity index (χ2n) is 7.11. The Balaban J connectivity index is 1.58. The minimum atomic E-state index is -0.439. The number of unbranched alkanes of at least 4 members (excludes halogenated alkanes) is 2. The van der Waals surface area contributed by atoms with E-state index in [4.69, 9.17) is 14.2 Å². The van der Waals surface area contributed by atoms with E-state index in [1.807, 2.05) is 60.7 Å². The van der Waals surface area contributed by atoms with Gasteiger partial charge in [-0.05, 0) is 53.5 Å². The molecular weight excluding hydrogens is 388 g/mol. The van der Waals surface area contributed by atoms with Crippen LogP contribution in [0.4, 0.5) is 0 Å². The Bertz CT molecular complexity index is 992. The van der Waals surface area contributed by atoms with Gasteiger partial charge >= 0.3 is 5.97 Å². The average molecular weight is 417 g/mol. The van der Waals surface area contributed by atoms with Crippen LogP contribution in [0.1, 0.15) is 31.7 Å². The van der Waals surface area contributed by atoms with Crippen molar-refractivity contribution in [2.75, 3.05) is 13.7 Å².